The molecule has 0 aliphatic heterocycles. The zero-order valence-corrected chi connectivity index (χ0v) is 12.8. The zero-order valence-electron chi connectivity index (χ0n) is 12.8. The Morgan fingerprint density at radius 2 is 1.67 bits per heavy atom. The van der Waals surface area contributed by atoms with E-state index in [9.17, 15) is 4.79 Å². The molecule has 24 heavy (non-hydrogen) atoms. The fraction of sp³-hybridized carbons (Fsp3) is 0. The number of hydrogen-bond donors (Lipinski definition) is 1. The van der Waals surface area contributed by atoms with Gasteiger partial charge in [0.25, 0.3) is 5.56 Å². The molecule has 2 aromatic heterocycles. The van der Waals surface area contributed by atoms with Crippen molar-refractivity contribution in [1.82, 2.24) is 9.97 Å². The molecule has 0 amide bonds. The minimum Gasteiger partial charge on any atom is -0.456 e. The van der Waals surface area contributed by atoms with E-state index in [1.165, 1.54) is 6.07 Å². The molecule has 2 heterocycles. The summed E-state index contributed by atoms with van der Waals surface area (Å²) in [6, 6.07) is 20.7. The maximum atomic E-state index is 11.8. The number of rotatable bonds is 3. The molecule has 4 rings (SSSR count). The molecule has 0 spiro atoms. The summed E-state index contributed by atoms with van der Waals surface area (Å²) in [6.07, 6.45) is 3.51. The summed E-state index contributed by atoms with van der Waals surface area (Å²) < 4.78 is 6.00. The van der Waals surface area contributed by atoms with Gasteiger partial charge >= 0.3 is 0 Å². The van der Waals surface area contributed by atoms with Gasteiger partial charge < -0.3 is 9.72 Å². The van der Waals surface area contributed by atoms with Gasteiger partial charge in [-0.05, 0) is 47.5 Å². The van der Waals surface area contributed by atoms with Crippen molar-refractivity contribution in [1.29, 1.82) is 0 Å². The monoisotopic (exact) mass is 314 g/mol. The van der Waals surface area contributed by atoms with Crippen LogP contribution in [0.1, 0.15) is 0 Å². The summed E-state index contributed by atoms with van der Waals surface area (Å²) in [7, 11) is 0. The quantitative estimate of drug-likeness (QED) is 0.610. The van der Waals surface area contributed by atoms with Crippen LogP contribution in [-0.2, 0) is 0 Å². The molecule has 1 N–H and O–H groups in total. The molecule has 0 bridgehead atoms. The van der Waals surface area contributed by atoms with Gasteiger partial charge in [-0.25, -0.2) is 0 Å². The van der Waals surface area contributed by atoms with Gasteiger partial charge in [0, 0.05) is 23.8 Å². The van der Waals surface area contributed by atoms with Crippen molar-refractivity contribution < 1.29 is 4.74 Å². The molecule has 0 fully saturated rings. The summed E-state index contributed by atoms with van der Waals surface area (Å²) in [5.74, 6) is 1.22. The van der Waals surface area contributed by atoms with E-state index in [0.717, 1.165) is 22.0 Å². The molecule has 2 aromatic carbocycles. The Morgan fingerprint density at radius 1 is 0.833 bits per heavy atom. The molecule has 0 saturated carbocycles. The molecular formula is C20H14N2O2. The third-order valence-electron chi connectivity index (χ3n) is 3.79. The number of nitrogens with one attached hydrogen (secondary N) is 1. The highest BCUT2D eigenvalue weighted by atomic mass is 16.5. The van der Waals surface area contributed by atoms with Crippen LogP contribution in [0.15, 0.2) is 83.9 Å². The molecular weight excluding hydrogens is 300 g/mol. The SMILES string of the molecule is O=c1cc(Oc2cccc(-c3ccncc3)c2)c2ccccc2[nH]1. The number of para-hydroxylation sites is 1. The molecule has 0 unspecified atom stereocenters. The Balaban J connectivity index is 1.76. The number of pyridine rings is 2. The van der Waals surface area contributed by atoms with E-state index in [1.807, 2.05) is 60.7 Å². The van der Waals surface area contributed by atoms with E-state index in [-0.39, 0.29) is 5.56 Å². The van der Waals surface area contributed by atoms with Crippen molar-refractivity contribution in [3.8, 4) is 22.6 Å². The Hall–Kier alpha value is -3.40. The Labute approximate surface area is 138 Å². The summed E-state index contributed by atoms with van der Waals surface area (Å²) in [5, 5.41) is 0.867. The first-order valence-corrected chi connectivity index (χ1v) is 7.60. The Bertz CT molecular complexity index is 1060. The Kier molecular flexibility index (Phi) is 3.56. The highest BCUT2D eigenvalue weighted by Gasteiger charge is 2.06. The first kappa shape index (κ1) is 14.2. The lowest BCUT2D eigenvalue weighted by Gasteiger charge is -2.10. The lowest BCUT2D eigenvalue weighted by molar-refractivity contribution is 0.487. The third-order valence-corrected chi connectivity index (χ3v) is 3.79. The first-order chi connectivity index (χ1) is 11.8. The second kappa shape index (κ2) is 6.01. The van der Waals surface area contributed by atoms with Crippen LogP contribution in [0.5, 0.6) is 11.5 Å². The molecule has 116 valence electrons. The standard InChI is InChI=1S/C20H14N2O2/c23-20-13-19(17-6-1-2-7-18(17)22-20)24-16-5-3-4-15(12-16)14-8-10-21-11-9-14/h1-13H,(H,22,23). The van der Waals surface area contributed by atoms with Gasteiger partial charge in [-0.2, -0.15) is 0 Å². The van der Waals surface area contributed by atoms with Crippen LogP contribution < -0.4 is 10.3 Å². The minimum atomic E-state index is -0.186. The highest BCUT2D eigenvalue weighted by molar-refractivity contribution is 5.85. The predicted octanol–water partition coefficient (Wildman–Crippen LogP) is 4.38. The maximum Gasteiger partial charge on any atom is 0.252 e. The largest absolute Gasteiger partial charge is 0.456 e. The highest BCUT2D eigenvalue weighted by Crippen LogP contribution is 2.30. The molecule has 0 aliphatic rings. The van der Waals surface area contributed by atoms with Gasteiger partial charge in [0.05, 0.1) is 5.52 Å². The van der Waals surface area contributed by atoms with Gasteiger partial charge in [-0.1, -0.05) is 24.3 Å². The van der Waals surface area contributed by atoms with E-state index < -0.39 is 0 Å². The number of aromatic nitrogens is 2. The Morgan fingerprint density at radius 3 is 2.54 bits per heavy atom. The van der Waals surface area contributed by atoms with Gasteiger partial charge in [-0.15, -0.1) is 0 Å². The van der Waals surface area contributed by atoms with E-state index in [1.54, 1.807) is 12.4 Å². The number of nitrogens with zero attached hydrogens (tertiary/aromatic N) is 1. The normalized spacial score (nSPS) is 10.7. The summed E-state index contributed by atoms with van der Waals surface area (Å²) >= 11 is 0. The molecule has 4 aromatic rings. The van der Waals surface area contributed by atoms with E-state index >= 15 is 0 Å². The predicted molar refractivity (Wildman–Crippen MR) is 94.3 cm³/mol. The second-order valence-corrected chi connectivity index (χ2v) is 5.41. The van der Waals surface area contributed by atoms with Crippen LogP contribution in [0.2, 0.25) is 0 Å². The number of fused-ring (bicyclic) bond motifs is 1. The minimum absolute atomic E-state index is 0.186. The molecule has 0 radical (unpaired) electrons. The smallest absolute Gasteiger partial charge is 0.252 e. The zero-order chi connectivity index (χ0) is 16.4. The molecule has 0 saturated heterocycles. The lowest BCUT2D eigenvalue weighted by Crippen LogP contribution is -2.04. The van der Waals surface area contributed by atoms with Gasteiger partial charge in [0.15, 0.2) is 0 Å². The van der Waals surface area contributed by atoms with Crippen LogP contribution in [0.4, 0.5) is 0 Å². The molecule has 0 aliphatic carbocycles. The van der Waals surface area contributed by atoms with Crippen molar-refractivity contribution in [2.75, 3.05) is 0 Å². The number of ether oxygens (including phenoxy) is 1. The summed E-state index contributed by atoms with van der Waals surface area (Å²) in [6.45, 7) is 0. The lowest BCUT2D eigenvalue weighted by atomic mass is 10.1. The van der Waals surface area contributed by atoms with Crippen LogP contribution in [0.25, 0.3) is 22.0 Å². The third kappa shape index (κ3) is 2.77. The fourth-order valence-electron chi connectivity index (χ4n) is 2.67. The average Bonchev–Trinajstić information content (AvgIpc) is 2.62. The van der Waals surface area contributed by atoms with Crippen LogP contribution >= 0.6 is 0 Å². The first-order valence-electron chi connectivity index (χ1n) is 7.60. The second-order valence-electron chi connectivity index (χ2n) is 5.41. The molecule has 4 heteroatoms. The number of benzene rings is 2. The van der Waals surface area contributed by atoms with Gasteiger partial charge in [0.1, 0.15) is 11.5 Å². The summed E-state index contributed by atoms with van der Waals surface area (Å²) in [5.41, 5.74) is 2.66. The summed E-state index contributed by atoms with van der Waals surface area (Å²) in [4.78, 5) is 18.7. The van der Waals surface area contributed by atoms with Crippen LogP contribution in [0.3, 0.4) is 0 Å². The molecule has 0 atom stereocenters. The molecule has 4 nitrogen and oxygen atoms in total. The number of aromatic amines is 1. The fourth-order valence-corrected chi connectivity index (χ4v) is 2.67. The topological polar surface area (TPSA) is 55.0 Å². The van der Waals surface area contributed by atoms with Crippen molar-refractivity contribution >= 4 is 10.9 Å². The van der Waals surface area contributed by atoms with Gasteiger partial charge in [0.2, 0.25) is 0 Å². The van der Waals surface area contributed by atoms with Gasteiger partial charge in [-0.3, -0.25) is 9.78 Å². The van der Waals surface area contributed by atoms with E-state index in [4.69, 9.17) is 4.74 Å². The van der Waals surface area contributed by atoms with E-state index in [2.05, 4.69) is 9.97 Å². The number of H-pyrrole nitrogens is 1. The number of hydrogen-bond acceptors (Lipinski definition) is 3. The van der Waals surface area contributed by atoms with Crippen molar-refractivity contribution in [2.24, 2.45) is 0 Å². The van der Waals surface area contributed by atoms with Crippen LogP contribution in [0, 0.1) is 0 Å². The van der Waals surface area contributed by atoms with Crippen molar-refractivity contribution in [3.63, 3.8) is 0 Å². The average molecular weight is 314 g/mol. The van der Waals surface area contributed by atoms with Crippen LogP contribution in [-0.4, -0.2) is 9.97 Å². The maximum absolute atomic E-state index is 11.8. The van der Waals surface area contributed by atoms with E-state index in [0.29, 0.717) is 11.5 Å². The van der Waals surface area contributed by atoms with Crippen molar-refractivity contribution in [2.45, 2.75) is 0 Å². The van der Waals surface area contributed by atoms with Crippen molar-refractivity contribution in [3.05, 3.63) is 89.5 Å².